The number of urea groups is 1. The minimum absolute atomic E-state index is 0.464. The van der Waals surface area contributed by atoms with E-state index in [1.165, 1.54) is 0 Å². The van der Waals surface area contributed by atoms with Gasteiger partial charge in [0, 0.05) is 11.6 Å². The number of carbonyl (C=O) groups excluding carboxylic acids is 1. The van der Waals surface area contributed by atoms with E-state index >= 15 is 0 Å². The Kier molecular flexibility index (Phi) is 4.24. The molecule has 0 aliphatic heterocycles. The molecule has 0 radical (unpaired) electrons. The third kappa shape index (κ3) is 3.67. The highest BCUT2D eigenvalue weighted by Gasteiger charge is 2.03. The van der Waals surface area contributed by atoms with E-state index in [4.69, 9.17) is 22.1 Å². The van der Waals surface area contributed by atoms with E-state index < -0.39 is 6.03 Å². The van der Waals surface area contributed by atoms with Crippen molar-refractivity contribution in [2.75, 3.05) is 13.7 Å². The molecule has 1 aromatic carbocycles. The molecule has 0 aliphatic rings. The van der Waals surface area contributed by atoms with E-state index in [9.17, 15) is 4.79 Å². The van der Waals surface area contributed by atoms with Gasteiger partial charge in [0.25, 0.3) is 0 Å². The Bertz CT molecular complexity index is 355. The molecule has 15 heavy (non-hydrogen) atoms. The highest BCUT2D eigenvalue weighted by atomic mass is 35.5. The second-order valence-electron chi connectivity index (χ2n) is 3.00. The number of amides is 2. The van der Waals surface area contributed by atoms with Gasteiger partial charge in [0.05, 0.1) is 7.11 Å². The predicted octanol–water partition coefficient (Wildman–Crippen LogP) is 1.56. The van der Waals surface area contributed by atoms with Gasteiger partial charge in [-0.3, -0.25) is 0 Å². The minimum Gasteiger partial charge on any atom is -0.496 e. The van der Waals surface area contributed by atoms with Crippen LogP contribution < -0.4 is 15.8 Å². The normalized spacial score (nSPS) is 9.73. The number of hydrogen-bond donors (Lipinski definition) is 2. The molecule has 0 saturated carbocycles. The van der Waals surface area contributed by atoms with Gasteiger partial charge in [-0.25, -0.2) is 4.79 Å². The largest absolute Gasteiger partial charge is 0.496 e. The molecule has 0 bridgehead atoms. The molecule has 0 spiro atoms. The predicted molar refractivity (Wildman–Crippen MR) is 59.3 cm³/mol. The lowest BCUT2D eigenvalue weighted by Crippen LogP contribution is -2.31. The summed E-state index contributed by atoms with van der Waals surface area (Å²) in [4.78, 5) is 10.5. The number of hydrogen-bond acceptors (Lipinski definition) is 2. The summed E-state index contributed by atoms with van der Waals surface area (Å²) in [6.45, 7) is 0.464. The number of halogens is 1. The number of nitrogens with two attached hydrogens (primary N) is 1. The van der Waals surface area contributed by atoms with Crippen molar-refractivity contribution in [3.05, 3.63) is 28.8 Å². The van der Waals surface area contributed by atoms with Crippen LogP contribution in [0.25, 0.3) is 0 Å². The second-order valence-corrected chi connectivity index (χ2v) is 3.43. The topological polar surface area (TPSA) is 64.3 Å². The average Bonchev–Trinajstić information content (AvgIpc) is 2.17. The summed E-state index contributed by atoms with van der Waals surface area (Å²) in [7, 11) is 1.59. The van der Waals surface area contributed by atoms with Crippen molar-refractivity contribution < 1.29 is 9.53 Å². The lowest BCUT2D eigenvalue weighted by atomic mass is 10.1. The fraction of sp³-hybridized carbons (Fsp3) is 0.300. The number of rotatable bonds is 4. The van der Waals surface area contributed by atoms with E-state index in [0.717, 1.165) is 11.3 Å². The summed E-state index contributed by atoms with van der Waals surface area (Å²) in [5.74, 6) is 0.755. The van der Waals surface area contributed by atoms with Gasteiger partial charge in [-0.05, 0) is 30.2 Å². The Balaban J connectivity index is 2.65. The third-order valence-corrected chi connectivity index (χ3v) is 2.17. The first-order valence-electron chi connectivity index (χ1n) is 4.49. The SMILES string of the molecule is COc1ccc(Cl)cc1CCNC(N)=O. The van der Waals surface area contributed by atoms with Crippen LogP contribution in [0.1, 0.15) is 5.56 Å². The Morgan fingerprint density at radius 3 is 2.93 bits per heavy atom. The molecule has 1 rings (SSSR count). The zero-order valence-corrected chi connectivity index (χ0v) is 9.17. The fourth-order valence-corrected chi connectivity index (χ4v) is 1.46. The molecule has 0 atom stereocenters. The van der Waals surface area contributed by atoms with E-state index in [1.807, 2.05) is 6.07 Å². The maximum absolute atomic E-state index is 10.5. The van der Waals surface area contributed by atoms with Crippen LogP contribution in [0.3, 0.4) is 0 Å². The Hall–Kier alpha value is -1.42. The maximum Gasteiger partial charge on any atom is 0.312 e. The summed E-state index contributed by atoms with van der Waals surface area (Å²) in [6.07, 6.45) is 0.632. The van der Waals surface area contributed by atoms with Crippen molar-refractivity contribution in [3.8, 4) is 5.75 Å². The Morgan fingerprint density at radius 2 is 2.33 bits per heavy atom. The van der Waals surface area contributed by atoms with Gasteiger partial charge in [-0.2, -0.15) is 0 Å². The molecule has 3 N–H and O–H groups in total. The average molecular weight is 229 g/mol. The second kappa shape index (κ2) is 5.46. The van der Waals surface area contributed by atoms with Crippen LogP contribution in [0, 0.1) is 0 Å². The molecule has 0 saturated heterocycles. The number of ether oxygens (including phenoxy) is 1. The molecular formula is C10H13ClN2O2. The van der Waals surface area contributed by atoms with Crippen molar-refractivity contribution >= 4 is 17.6 Å². The summed E-state index contributed by atoms with van der Waals surface area (Å²) in [5.41, 5.74) is 5.89. The van der Waals surface area contributed by atoms with E-state index in [2.05, 4.69) is 5.32 Å². The van der Waals surface area contributed by atoms with Crippen LogP contribution in [0.2, 0.25) is 5.02 Å². The molecule has 0 aliphatic carbocycles. The van der Waals surface area contributed by atoms with Gasteiger partial charge >= 0.3 is 6.03 Å². The summed E-state index contributed by atoms with van der Waals surface area (Å²) < 4.78 is 5.16. The van der Waals surface area contributed by atoms with Crippen LogP contribution in [0.5, 0.6) is 5.75 Å². The van der Waals surface area contributed by atoms with Crippen LogP contribution in [0.15, 0.2) is 18.2 Å². The van der Waals surface area contributed by atoms with Crippen LogP contribution in [0.4, 0.5) is 4.79 Å². The minimum atomic E-state index is -0.531. The van der Waals surface area contributed by atoms with E-state index in [-0.39, 0.29) is 0 Å². The third-order valence-electron chi connectivity index (χ3n) is 1.94. The van der Waals surface area contributed by atoms with Crippen molar-refractivity contribution in [2.24, 2.45) is 5.73 Å². The smallest absolute Gasteiger partial charge is 0.312 e. The Labute approximate surface area is 93.4 Å². The molecule has 5 heteroatoms. The molecule has 2 amide bonds. The van der Waals surface area contributed by atoms with E-state index in [0.29, 0.717) is 18.0 Å². The fourth-order valence-electron chi connectivity index (χ4n) is 1.26. The molecule has 82 valence electrons. The van der Waals surface area contributed by atoms with Crippen molar-refractivity contribution in [1.82, 2.24) is 5.32 Å². The lowest BCUT2D eigenvalue weighted by Gasteiger charge is -2.08. The highest BCUT2D eigenvalue weighted by Crippen LogP contribution is 2.22. The number of carbonyl (C=O) groups is 1. The zero-order chi connectivity index (χ0) is 11.3. The maximum atomic E-state index is 10.5. The van der Waals surface area contributed by atoms with Crippen LogP contribution in [-0.4, -0.2) is 19.7 Å². The quantitative estimate of drug-likeness (QED) is 0.822. The molecule has 0 heterocycles. The standard InChI is InChI=1S/C10H13ClN2O2/c1-15-9-3-2-8(11)6-7(9)4-5-13-10(12)14/h2-3,6H,4-5H2,1H3,(H3,12,13,14). The monoisotopic (exact) mass is 228 g/mol. The number of nitrogens with one attached hydrogen (secondary N) is 1. The first-order chi connectivity index (χ1) is 7.13. The van der Waals surface area contributed by atoms with Crippen LogP contribution >= 0.6 is 11.6 Å². The number of benzene rings is 1. The molecule has 0 fully saturated rings. The lowest BCUT2D eigenvalue weighted by molar-refractivity contribution is 0.249. The van der Waals surface area contributed by atoms with Gasteiger partial charge in [0.2, 0.25) is 0 Å². The van der Waals surface area contributed by atoms with Crippen molar-refractivity contribution in [1.29, 1.82) is 0 Å². The van der Waals surface area contributed by atoms with Crippen molar-refractivity contribution in [3.63, 3.8) is 0 Å². The molecule has 0 aromatic heterocycles. The van der Waals surface area contributed by atoms with Crippen LogP contribution in [-0.2, 0) is 6.42 Å². The van der Waals surface area contributed by atoms with Gasteiger partial charge in [0.15, 0.2) is 0 Å². The number of primary amides is 1. The van der Waals surface area contributed by atoms with Gasteiger partial charge in [-0.1, -0.05) is 11.6 Å². The van der Waals surface area contributed by atoms with Gasteiger partial charge < -0.3 is 15.8 Å². The summed E-state index contributed by atoms with van der Waals surface area (Å²) in [5, 5.41) is 3.15. The van der Waals surface area contributed by atoms with Crippen molar-refractivity contribution in [2.45, 2.75) is 6.42 Å². The molecule has 4 nitrogen and oxygen atoms in total. The van der Waals surface area contributed by atoms with Gasteiger partial charge in [-0.15, -0.1) is 0 Å². The summed E-state index contributed by atoms with van der Waals surface area (Å²) >= 11 is 5.85. The molecule has 1 aromatic rings. The molecule has 0 unspecified atom stereocenters. The van der Waals surface area contributed by atoms with E-state index in [1.54, 1.807) is 19.2 Å². The highest BCUT2D eigenvalue weighted by molar-refractivity contribution is 6.30. The molecular weight excluding hydrogens is 216 g/mol. The first kappa shape index (κ1) is 11.7. The number of methoxy groups -OCH3 is 1. The summed E-state index contributed by atoms with van der Waals surface area (Å²) in [6, 6.07) is 4.83. The zero-order valence-electron chi connectivity index (χ0n) is 8.42. The Morgan fingerprint density at radius 1 is 1.60 bits per heavy atom. The van der Waals surface area contributed by atoms with Gasteiger partial charge in [0.1, 0.15) is 5.75 Å². The first-order valence-corrected chi connectivity index (χ1v) is 4.87.